The lowest BCUT2D eigenvalue weighted by molar-refractivity contribution is -0.384. The van der Waals surface area contributed by atoms with Gasteiger partial charge in [0, 0.05) is 43.2 Å². The SMILES string of the molecule is Cl.Cl.O=[N+]([O-])c1cccc([C@H](c2cccs2)N2CCNCC2)c1. The molecule has 1 atom stereocenters. The molecule has 0 radical (unpaired) electrons. The van der Waals surface area contributed by atoms with E-state index in [0.717, 1.165) is 31.7 Å². The monoisotopic (exact) mass is 375 g/mol. The molecule has 8 heteroatoms. The van der Waals surface area contributed by atoms with Crippen LogP contribution in [0.25, 0.3) is 0 Å². The average Bonchev–Trinajstić information content (AvgIpc) is 3.03. The molecule has 1 fully saturated rings. The topological polar surface area (TPSA) is 58.4 Å². The van der Waals surface area contributed by atoms with E-state index in [1.165, 1.54) is 4.88 Å². The van der Waals surface area contributed by atoms with Gasteiger partial charge in [0.05, 0.1) is 11.0 Å². The van der Waals surface area contributed by atoms with Crippen LogP contribution in [0.15, 0.2) is 41.8 Å². The van der Waals surface area contributed by atoms with Crippen molar-refractivity contribution in [3.63, 3.8) is 0 Å². The number of rotatable bonds is 4. The van der Waals surface area contributed by atoms with E-state index in [0.29, 0.717) is 0 Å². The first kappa shape index (κ1) is 19.9. The van der Waals surface area contributed by atoms with Gasteiger partial charge in [0.1, 0.15) is 0 Å². The van der Waals surface area contributed by atoms with E-state index in [1.807, 2.05) is 12.1 Å². The zero-order valence-electron chi connectivity index (χ0n) is 12.4. The third-order valence-electron chi connectivity index (χ3n) is 3.73. The van der Waals surface area contributed by atoms with Gasteiger partial charge in [-0.2, -0.15) is 0 Å². The Morgan fingerprint density at radius 3 is 2.52 bits per heavy atom. The van der Waals surface area contributed by atoms with E-state index in [2.05, 4.69) is 21.7 Å². The molecule has 1 saturated heterocycles. The van der Waals surface area contributed by atoms with Crippen LogP contribution >= 0.6 is 36.2 Å². The van der Waals surface area contributed by atoms with E-state index in [1.54, 1.807) is 29.5 Å². The van der Waals surface area contributed by atoms with Gasteiger partial charge in [-0.15, -0.1) is 36.2 Å². The van der Waals surface area contributed by atoms with E-state index in [9.17, 15) is 10.1 Å². The van der Waals surface area contributed by atoms with E-state index < -0.39 is 0 Å². The number of halogens is 2. The molecule has 23 heavy (non-hydrogen) atoms. The van der Waals surface area contributed by atoms with Crippen molar-refractivity contribution in [3.8, 4) is 0 Å². The highest BCUT2D eigenvalue weighted by Gasteiger charge is 2.25. The summed E-state index contributed by atoms with van der Waals surface area (Å²) in [6.45, 7) is 3.81. The molecule has 1 N–H and O–H groups in total. The number of hydrogen-bond acceptors (Lipinski definition) is 5. The van der Waals surface area contributed by atoms with Crippen molar-refractivity contribution < 1.29 is 4.92 Å². The third-order valence-corrected chi connectivity index (χ3v) is 4.65. The molecule has 0 saturated carbocycles. The molecule has 5 nitrogen and oxygen atoms in total. The first-order valence-electron chi connectivity index (χ1n) is 6.98. The van der Waals surface area contributed by atoms with Crippen molar-refractivity contribution in [1.29, 1.82) is 0 Å². The summed E-state index contributed by atoms with van der Waals surface area (Å²) in [5.74, 6) is 0. The van der Waals surface area contributed by atoms with Gasteiger partial charge >= 0.3 is 0 Å². The number of nitro groups is 1. The molecule has 0 unspecified atom stereocenters. The number of nitro benzene ring substituents is 1. The minimum Gasteiger partial charge on any atom is -0.314 e. The maximum atomic E-state index is 11.0. The molecule has 1 aliphatic rings. The van der Waals surface area contributed by atoms with Gasteiger partial charge in [-0.1, -0.05) is 18.2 Å². The lowest BCUT2D eigenvalue weighted by Gasteiger charge is -2.34. The Bertz CT molecular complexity index is 619. The van der Waals surface area contributed by atoms with Crippen LogP contribution < -0.4 is 5.32 Å². The molecule has 0 aliphatic carbocycles. The molecule has 2 heterocycles. The highest BCUT2D eigenvalue weighted by atomic mass is 35.5. The van der Waals surface area contributed by atoms with Gasteiger partial charge < -0.3 is 5.32 Å². The summed E-state index contributed by atoms with van der Waals surface area (Å²) in [5, 5.41) is 16.4. The minimum atomic E-state index is -0.327. The molecule has 1 aliphatic heterocycles. The molecule has 1 aromatic carbocycles. The molecule has 0 bridgehead atoms. The van der Waals surface area contributed by atoms with Gasteiger partial charge in [0.2, 0.25) is 0 Å². The minimum absolute atomic E-state index is 0. The molecule has 3 rings (SSSR count). The second-order valence-corrected chi connectivity index (χ2v) is 6.04. The van der Waals surface area contributed by atoms with Crippen LogP contribution in [0.5, 0.6) is 0 Å². The molecular formula is C15H19Cl2N3O2S. The first-order valence-corrected chi connectivity index (χ1v) is 7.86. The number of benzene rings is 1. The van der Waals surface area contributed by atoms with Gasteiger partial charge in [-0.3, -0.25) is 15.0 Å². The number of thiophene rings is 1. The van der Waals surface area contributed by atoms with Crippen LogP contribution in [0.1, 0.15) is 16.5 Å². The van der Waals surface area contributed by atoms with Crippen LogP contribution in [0.4, 0.5) is 5.69 Å². The first-order chi connectivity index (χ1) is 10.3. The van der Waals surface area contributed by atoms with Crippen molar-refractivity contribution in [1.82, 2.24) is 10.2 Å². The summed E-state index contributed by atoms with van der Waals surface area (Å²) >= 11 is 1.70. The highest BCUT2D eigenvalue weighted by Crippen LogP contribution is 2.33. The average molecular weight is 376 g/mol. The molecule has 1 aromatic heterocycles. The lowest BCUT2D eigenvalue weighted by atomic mass is 10.0. The largest absolute Gasteiger partial charge is 0.314 e. The predicted octanol–water partition coefficient (Wildman–Crippen LogP) is 3.49. The Labute approximate surface area is 151 Å². The molecule has 0 spiro atoms. The summed E-state index contributed by atoms with van der Waals surface area (Å²) < 4.78 is 0. The molecule has 126 valence electrons. The Morgan fingerprint density at radius 2 is 1.91 bits per heavy atom. The number of hydrogen-bond donors (Lipinski definition) is 1. The lowest BCUT2D eigenvalue weighted by Crippen LogP contribution is -2.45. The van der Waals surface area contributed by atoms with E-state index >= 15 is 0 Å². The summed E-state index contributed by atoms with van der Waals surface area (Å²) in [6, 6.07) is 11.3. The van der Waals surface area contributed by atoms with Crippen LogP contribution in [0.3, 0.4) is 0 Å². The predicted molar refractivity (Wildman–Crippen MR) is 98.2 cm³/mol. The Kier molecular flexibility index (Phi) is 7.94. The number of non-ortho nitro benzene ring substituents is 1. The molecule has 0 amide bonds. The zero-order valence-corrected chi connectivity index (χ0v) is 14.8. The molecule has 2 aromatic rings. The van der Waals surface area contributed by atoms with Crippen molar-refractivity contribution in [2.24, 2.45) is 0 Å². The number of piperazine rings is 1. The van der Waals surface area contributed by atoms with E-state index in [4.69, 9.17) is 0 Å². The normalized spacial score (nSPS) is 16.0. The zero-order chi connectivity index (χ0) is 14.7. The second-order valence-electron chi connectivity index (χ2n) is 5.06. The smallest absolute Gasteiger partial charge is 0.269 e. The fraction of sp³-hybridized carbons (Fsp3) is 0.333. The maximum absolute atomic E-state index is 11.0. The van der Waals surface area contributed by atoms with Crippen molar-refractivity contribution in [2.75, 3.05) is 26.2 Å². The molecular weight excluding hydrogens is 357 g/mol. The number of nitrogens with one attached hydrogen (secondary N) is 1. The standard InChI is InChI=1S/C15H17N3O2S.2ClH/c19-18(20)13-4-1-3-12(11-13)15(14-5-2-10-21-14)17-8-6-16-7-9-17;;/h1-5,10-11,15-16H,6-9H2;2*1H/t15-;;/m1../s1. The summed E-state index contributed by atoms with van der Waals surface area (Å²) in [7, 11) is 0. The van der Waals surface area contributed by atoms with Crippen molar-refractivity contribution in [2.45, 2.75) is 6.04 Å². The number of nitrogens with zero attached hydrogens (tertiary/aromatic N) is 2. The quantitative estimate of drug-likeness (QED) is 0.656. The highest BCUT2D eigenvalue weighted by molar-refractivity contribution is 7.10. The second kappa shape index (κ2) is 9.20. The van der Waals surface area contributed by atoms with Crippen LogP contribution in [0, 0.1) is 10.1 Å². The van der Waals surface area contributed by atoms with Gasteiger partial charge in [0.25, 0.3) is 5.69 Å². The van der Waals surface area contributed by atoms with Gasteiger partial charge in [-0.25, -0.2) is 0 Å². The van der Waals surface area contributed by atoms with Crippen LogP contribution in [-0.4, -0.2) is 36.0 Å². The van der Waals surface area contributed by atoms with Crippen molar-refractivity contribution >= 4 is 41.8 Å². The Balaban J connectivity index is 0.00000132. The summed E-state index contributed by atoms with van der Waals surface area (Å²) in [5.41, 5.74) is 1.15. The fourth-order valence-corrected chi connectivity index (χ4v) is 3.64. The van der Waals surface area contributed by atoms with Gasteiger partial charge in [-0.05, 0) is 17.0 Å². The van der Waals surface area contributed by atoms with Gasteiger partial charge in [0.15, 0.2) is 0 Å². The fourth-order valence-electron chi connectivity index (χ4n) is 2.75. The maximum Gasteiger partial charge on any atom is 0.269 e. The van der Waals surface area contributed by atoms with Crippen LogP contribution in [0.2, 0.25) is 0 Å². The Hall–Kier alpha value is -1.18. The van der Waals surface area contributed by atoms with E-state index in [-0.39, 0.29) is 41.5 Å². The summed E-state index contributed by atoms with van der Waals surface area (Å²) in [4.78, 5) is 14.3. The van der Waals surface area contributed by atoms with Crippen molar-refractivity contribution in [3.05, 3.63) is 62.3 Å². The third kappa shape index (κ3) is 4.65. The summed E-state index contributed by atoms with van der Waals surface area (Å²) in [6.07, 6.45) is 0. The van der Waals surface area contributed by atoms with Crippen LogP contribution in [-0.2, 0) is 0 Å². The Morgan fingerprint density at radius 1 is 1.17 bits per heavy atom.